The number of hydrogen-bond acceptors (Lipinski definition) is 4. The van der Waals surface area contributed by atoms with E-state index in [0.717, 1.165) is 27.6 Å². The van der Waals surface area contributed by atoms with Gasteiger partial charge in [0, 0.05) is 22.0 Å². The summed E-state index contributed by atoms with van der Waals surface area (Å²) in [5.41, 5.74) is 4.95. The Bertz CT molecular complexity index is 697. The van der Waals surface area contributed by atoms with Crippen LogP contribution in [0.3, 0.4) is 0 Å². The summed E-state index contributed by atoms with van der Waals surface area (Å²) in [6, 6.07) is 2.07. The highest BCUT2D eigenvalue weighted by Crippen LogP contribution is 2.50. The molecule has 2 bridgehead atoms. The zero-order valence-electron chi connectivity index (χ0n) is 14.1. The molecule has 126 valence electrons. The predicted octanol–water partition coefficient (Wildman–Crippen LogP) is 5.10. The van der Waals surface area contributed by atoms with E-state index in [1.165, 1.54) is 11.1 Å². The van der Waals surface area contributed by atoms with Crippen molar-refractivity contribution >= 4 is 39.7 Å². The first-order chi connectivity index (χ1) is 10.8. The maximum absolute atomic E-state index is 11.9. The van der Waals surface area contributed by atoms with Crippen LogP contribution in [0.25, 0.3) is 11.2 Å². The zero-order chi connectivity index (χ0) is 16.8. The van der Waals surface area contributed by atoms with Gasteiger partial charge in [0.2, 0.25) is 0 Å². The molecule has 1 aliphatic rings. The molecule has 2 atom stereocenters. The number of carbonyl (C=O) groups is 1. The Labute approximate surface area is 150 Å². The Balaban J connectivity index is 1.78. The van der Waals surface area contributed by atoms with Gasteiger partial charge in [0.25, 0.3) is 0 Å². The van der Waals surface area contributed by atoms with Crippen LogP contribution in [0.5, 0.6) is 0 Å². The Morgan fingerprint density at radius 1 is 1.30 bits per heavy atom. The molecular weight excluding hydrogens is 407 g/mol. The smallest absolute Gasteiger partial charge is 0.306 e. The first-order valence-corrected chi connectivity index (χ1v) is 9.67. The molecule has 3 rings (SSSR count). The summed E-state index contributed by atoms with van der Waals surface area (Å²) >= 11 is 2.36. The Morgan fingerprint density at radius 2 is 2.04 bits per heavy atom. The third kappa shape index (κ3) is 3.22. The molecule has 23 heavy (non-hydrogen) atoms. The Hall–Kier alpha value is -0.820. The van der Waals surface area contributed by atoms with Crippen LogP contribution in [-0.4, -0.2) is 16.0 Å². The van der Waals surface area contributed by atoms with Gasteiger partial charge in [0.1, 0.15) is 16.8 Å². The second kappa shape index (κ2) is 6.24. The van der Waals surface area contributed by atoms with Gasteiger partial charge in [-0.25, -0.2) is 0 Å². The van der Waals surface area contributed by atoms with Crippen molar-refractivity contribution in [1.82, 2.24) is 0 Å². The van der Waals surface area contributed by atoms with Crippen molar-refractivity contribution < 1.29 is 18.7 Å². The van der Waals surface area contributed by atoms with Crippen LogP contribution in [0, 0.1) is 0 Å². The van der Waals surface area contributed by atoms with Gasteiger partial charge in [-0.2, -0.15) is 0 Å². The summed E-state index contributed by atoms with van der Waals surface area (Å²) in [6.45, 7) is 7.80. The molecule has 0 N–H and O–H groups in total. The lowest BCUT2D eigenvalue weighted by Gasteiger charge is -2.19. The number of halogens is 1. The minimum Gasteiger partial charge on any atom is -0.460 e. The highest BCUT2D eigenvalue weighted by Gasteiger charge is 2.38. The minimum absolute atomic E-state index is 0.105. The summed E-state index contributed by atoms with van der Waals surface area (Å²) in [7, 11) is 0. The van der Waals surface area contributed by atoms with Crippen LogP contribution < -0.4 is 0 Å². The largest absolute Gasteiger partial charge is 0.460 e. The monoisotopic (exact) mass is 430 g/mol. The molecule has 0 aromatic carbocycles. The molecule has 0 spiro atoms. The number of alkyl halides is 1. The van der Waals surface area contributed by atoms with E-state index in [9.17, 15) is 4.79 Å². The molecule has 0 saturated carbocycles. The van der Waals surface area contributed by atoms with Gasteiger partial charge >= 0.3 is 5.97 Å². The second-order valence-corrected chi connectivity index (χ2v) is 7.94. The van der Waals surface area contributed by atoms with Gasteiger partial charge in [-0.3, -0.25) is 4.79 Å². The van der Waals surface area contributed by atoms with Gasteiger partial charge < -0.3 is 13.9 Å². The van der Waals surface area contributed by atoms with Crippen LogP contribution in [0.15, 0.2) is 10.5 Å². The molecule has 2 unspecified atom stereocenters. The normalized spacial score (nSPS) is 21.1. The minimum atomic E-state index is -0.436. The third-order valence-electron chi connectivity index (χ3n) is 4.11. The van der Waals surface area contributed by atoms with E-state index in [4.69, 9.17) is 13.9 Å². The van der Waals surface area contributed by atoms with E-state index in [1.54, 1.807) is 0 Å². The summed E-state index contributed by atoms with van der Waals surface area (Å²) in [5.74, 6) is -0.166. The number of hydrogen-bond donors (Lipinski definition) is 0. The average Bonchev–Trinajstić information content (AvgIpc) is 3.12. The number of benzene rings is 1. The molecule has 5 heteroatoms. The van der Waals surface area contributed by atoms with Gasteiger partial charge in [-0.1, -0.05) is 29.5 Å². The lowest BCUT2D eigenvalue weighted by atomic mass is 9.97. The molecule has 1 aliphatic heterocycles. The highest BCUT2D eigenvalue weighted by molar-refractivity contribution is 14.1. The number of fused-ring (bicyclic) bond motifs is 5. The van der Waals surface area contributed by atoms with E-state index in [1.807, 2.05) is 20.8 Å². The summed E-state index contributed by atoms with van der Waals surface area (Å²) in [5, 5.41) is 0. The standard InChI is InChI=1S/C18H23IO4/c1-5-11-15-12-8-10(6-7-14(20)23-18(2,3)4)17(22-12)16(15)13(9-19)21-11/h8,11,13H,5-7,9H2,1-4H3. The fraction of sp³-hybridized carbons (Fsp3) is 0.611. The van der Waals surface area contributed by atoms with Gasteiger partial charge in [-0.05, 0) is 45.2 Å². The number of ether oxygens (including phenoxy) is 2. The molecule has 2 aromatic heterocycles. The van der Waals surface area contributed by atoms with Crippen LogP contribution in [0.4, 0.5) is 0 Å². The van der Waals surface area contributed by atoms with Crippen molar-refractivity contribution in [2.24, 2.45) is 0 Å². The predicted molar refractivity (Wildman–Crippen MR) is 97.3 cm³/mol. The number of esters is 1. The summed E-state index contributed by atoms with van der Waals surface area (Å²) < 4.78 is 18.4. The van der Waals surface area contributed by atoms with Crippen molar-refractivity contribution in [3.8, 4) is 0 Å². The molecular formula is C18H23IO4. The Morgan fingerprint density at radius 3 is 2.65 bits per heavy atom. The fourth-order valence-corrected chi connectivity index (χ4v) is 3.91. The van der Waals surface area contributed by atoms with Crippen molar-refractivity contribution in [2.45, 2.75) is 64.8 Å². The van der Waals surface area contributed by atoms with E-state index in [2.05, 4.69) is 35.6 Å². The van der Waals surface area contributed by atoms with Crippen LogP contribution in [-0.2, 0) is 20.7 Å². The molecule has 0 amide bonds. The van der Waals surface area contributed by atoms with Crippen LogP contribution in [0.2, 0.25) is 0 Å². The van der Waals surface area contributed by atoms with Crippen molar-refractivity contribution in [3.05, 3.63) is 22.8 Å². The SMILES string of the molecule is CCC1OC(CI)c2c1c1cc(CCC(=O)OC(C)(C)C)c2o1. The third-order valence-corrected chi connectivity index (χ3v) is 4.91. The van der Waals surface area contributed by atoms with Crippen molar-refractivity contribution in [3.63, 3.8) is 0 Å². The van der Waals surface area contributed by atoms with Crippen LogP contribution in [0.1, 0.15) is 69.4 Å². The van der Waals surface area contributed by atoms with Gasteiger partial charge in [-0.15, -0.1) is 0 Å². The number of aryl methyl sites for hydroxylation is 1. The number of carbonyl (C=O) groups excluding carboxylic acids is 1. The maximum atomic E-state index is 11.9. The fourth-order valence-electron chi connectivity index (χ4n) is 3.26. The Kier molecular flexibility index (Phi) is 4.62. The first-order valence-electron chi connectivity index (χ1n) is 8.14. The van der Waals surface area contributed by atoms with E-state index in [0.29, 0.717) is 12.8 Å². The summed E-state index contributed by atoms with van der Waals surface area (Å²) in [6.07, 6.45) is 2.22. The van der Waals surface area contributed by atoms with Crippen molar-refractivity contribution in [1.29, 1.82) is 0 Å². The molecule has 0 fully saturated rings. The quantitative estimate of drug-likeness (QED) is 0.376. The van der Waals surface area contributed by atoms with E-state index < -0.39 is 5.60 Å². The molecule has 2 aromatic rings. The molecule has 0 aliphatic carbocycles. The number of furan rings is 2. The second-order valence-electron chi connectivity index (χ2n) is 7.05. The van der Waals surface area contributed by atoms with Gasteiger partial charge in [0.15, 0.2) is 0 Å². The lowest BCUT2D eigenvalue weighted by Crippen LogP contribution is -2.24. The van der Waals surface area contributed by atoms with E-state index in [-0.39, 0.29) is 18.2 Å². The molecule has 3 heterocycles. The van der Waals surface area contributed by atoms with Crippen LogP contribution >= 0.6 is 22.6 Å². The van der Waals surface area contributed by atoms with Crippen molar-refractivity contribution in [2.75, 3.05) is 4.43 Å². The molecule has 0 saturated heterocycles. The summed E-state index contributed by atoms with van der Waals surface area (Å²) in [4.78, 5) is 11.9. The molecule has 0 radical (unpaired) electrons. The lowest BCUT2D eigenvalue weighted by molar-refractivity contribution is -0.154. The topological polar surface area (TPSA) is 48.7 Å². The van der Waals surface area contributed by atoms with Gasteiger partial charge in [0.05, 0.1) is 12.2 Å². The van der Waals surface area contributed by atoms with E-state index >= 15 is 0 Å². The highest BCUT2D eigenvalue weighted by atomic mass is 127. The average molecular weight is 430 g/mol. The first kappa shape index (κ1) is 17.0. The molecule has 4 nitrogen and oxygen atoms in total. The zero-order valence-corrected chi connectivity index (χ0v) is 16.2. The number of rotatable bonds is 5. The maximum Gasteiger partial charge on any atom is 0.306 e.